The fourth-order valence-corrected chi connectivity index (χ4v) is 2.30. The first-order chi connectivity index (χ1) is 11.3. The summed E-state index contributed by atoms with van der Waals surface area (Å²) in [5.41, 5.74) is 2.90. The fraction of sp³-hybridized carbons (Fsp3) is 0.188. The zero-order valence-corrected chi connectivity index (χ0v) is 12.9. The number of rotatable bonds is 6. The van der Waals surface area contributed by atoms with E-state index in [0.29, 0.717) is 23.9 Å². The van der Waals surface area contributed by atoms with Crippen LogP contribution in [-0.2, 0) is 6.54 Å². The molecule has 0 atom stereocenters. The first kappa shape index (κ1) is 14.8. The lowest BCUT2D eigenvalue weighted by molar-refractivity contribution is 0.354. The number of nitrogens with one attached hydrogen (secondary N) is 2. The number of hydrogen-bond acceptors (Lipinski definition) is 6. The molecule has 3 aromatic rings. The Kier molecular flexibility index (Phi) is 4.37. The number of aromatic nitrogens is 4. The lowest BCUT2D eigenvalue weighted by Crippen LogP contribution is -2.02. The van der Waals surface area contributed by atoms with E-state index in [1.165, 1.54) is 0 Å². The molecule has 7 nitrogen and oxygen atoms in total. The number of tetrazole rings is 1. The first-order valence-electron chi connectivity index (χ1n) is 7.09. The van der Waals surface area contributed by atoms with Crippen LogP contribution in [0.1, 0.15) is 5.56 Å². The van der Waals surface area contributed by atoms with Gasteiger partial charge in [-0.25, -0.2) is 0 Å². The van der Waals surface area contributed by atoms with Gasteiger partial charge in [0.05, 0.1) is 14.2 Å². The number of H-pyrrole nitrogens is 1. The van der Waals surface area contributed by atoms with Crippen LogP contribution in [-0.4, -0.2) is 34.8 Å². The molecule has 0 unspecified atom stereocenters. The van der Waals surface area contributed by atoms with E-state index in [-0.39, 0.29) is 0 Å². The largest absolute Gasteiger partial charge is 0.493 e. The maximum atomic E-state index is 5.33. The minimum atomic E-state index is 0.556. The third-order valence-electron chi connectivity index (χ3n) is 3.44. The Morgan fingerprint density at radius 3 is 2.61 bits per heavy atom. The smallest absolute Gasteiger partial charge is 0.206 e. The van der Waals surface area contributed by atoms with Crippen LogP contribution in [0.2, 0.25) is 0 Å². The number of aromatic amines is 1. The Bertz CT molecular complexity index is 774. The number of methoxy groups -OCH3 is 2. The molecule has 0 bridgehead atoms. The number of ether oxygens (including phenoxy) is 2. The Hall–Kier alpha value is -3.09. The Morgan fingerprint density at radius 2 is 1.87 bits per heavy atom. The van der Waals surface area contributed by atoms with Crippen molar-refractivity contribution in [2.75, 3.05) is 19.5 Å². The molecule has 3 rings (SSSR count). The highest BCUT2D eigenvalue weighted by molar-refractivity contribution is 5.72. The van der Waals surface area contributed by atoms with Crippen molar-refractivity contribution in [1.29, 1.82) is 0 Å². The van der Waals surface area contributed by atoms with Crippen LogP contribution in [0.5, 0.6) is 11.5 Å². The molecule has 1 aromatic heterocycles. The average Bonchev–Trinajstić information content (AvgIpc) is 3.14. The summed E-state index contributed by atoms with van der Waals surface area (Å²) < 4.78 is 10.6. The van der Waals surface area contributed by atoms with Crippen LogP contribution in [0.15, 0.2) is 42.5 Å². The molecule has 118 valence electrons. The molecule has 1 heterocycles. The van der Waals surface area contributed by atoms with Crippen molar-refractivity contribution in [2.24, 2.45) is 0 Å². The standard InChI is InChI=1S/C16H17N5O2/c1-22-14-8-7-11(9-15(14)23-2)10-17-13-6-4-3-5-12(13)16-18-20-21-19-16/h3-9,17H,10H2,1-2H3,(H,18,19,20,21). The van der Waals surface area contributed by atoms with Crippen LogP contribution in [0, 0.1) is 0 Å². The van der Waals surface area contributed by atoms with Crippen molar-refractivity contribution in [2.45, 2.75) is 6.54 Å². The maximum Gasteiger partial charge on any atom is 0.206 e. The average molecular weight is 311 g/mol. The molecule has 2 N–H and O–H groups in total. The van der Waals surface area contributed by atoms with Crippen LogP contribution < -0.4 is 14.8 Å². The second kappa shape index (κ2) is 6.78. The van der Waals surface area contributed by atoms with E-state index in [4.69, 9.17) is 9.47 Å². The van der Waals surface area contributed by atoms with Gasteiger partial charge in [0.1, 0.15) is 0 Å². The van der Waals surface area contributed by atoms with Crippen molar-refractivity contribution in [1.82, 2.24) is 20.6 Å². The van der Waals surface area contributed by atoms with Crippen molar-refractivity contribution in [3.63, 3.8) is 0 Å². The van der Waals surface area contributed by atoms with Gasteiger partial charge in [-0.3, -0.25) is 0 Å². The van der Waals surface area contributed by atoms with E-state index in [1.54, 1.807) is 14.2 Å². The molecule has 0 fully saturated rings. The van der Waals surface area contributed by atoms with Gasteiger partial charge in [0, 0.05) is 17.8 Å². The molecular formula is C16H17N5O2. The second-order valence-electron chi connectivity index (χ2n) is 4.82. The van der Waals surface area contributed by atoms with Crippen LogP contribution in [0.3, 0.4) is 0 Å². The third-order valence-corrected chi connectivity index (χ3v) is 3.44. The summed E-state index contributed by atoms with van der Waals surface area (Å²) in [6, 6.07) is 13.6. The molecule has 0 amide bonds. The summed E-state index contributed by atoms with van der Waals surface area (Å²) in [4.78, 5) is 0. The number of nitrogens with zero attached hydrogens (tertiary/aromatic N) is 3. The van der Waals surface area contributed by atoms with Gasteiger partial charge in [0.15, 0.2) is 11.5 Å². The predicted molar refractivity (Wildman–Crippen MR) is 86.5 cm³/mol. The highest BCUT2D eigenvalue weighted by Gasteiger charge is 2.09. The molecule has 0 saturated carbocycles. The van der Waals surface area contributed by atoms with Gasteiger partial charge in [-0.15, -0.1) is 10.2 Å². The first-order valence-corrected chi connectivity index (χ1v) is 7.09. The van der Waals surface area contributed by atoms with Gasteiger partial charge >= 0.3 is 0 Å². The number of anilines is 1. The number of benzene rings is 2. The molecule has 0 radical (unpaired) electrons. The molecule has 0 saturated heterocycles. The summed E-state index contributed by atoms with van der Waals surface area (Å²) in [7, 11) is 3.25. The molecule has 0 aliphatic carbocycles. The van der Waals surface area contributed by atoms with Crippen molar-refractivity contribution >= 4 is 5.69 Å². The normalized spacial score (nSPS) is 10.3. The fourth-order valence-electron chi connectivity index (χ4n) is 2.30. The molecule has 0 spiro atoms. The van der Waals surface area contributed by atoms with Gasteiger partial charge in [-0.2, -0.15) is 5.21 Å². The molecule has 7 heteroatoms. The minimum Gasteiger partial charge on any atom is -0.493 e. The summed E-state index contributed by atoms with van der Waals surface area (Å²) in [5, 5.41) is 17.5. The van der Waals surface area contributed by atoms with Gasteiger partial charge < -0.3 is 14.8 Å². The van der Waals surface area contributed by atoms with Crippen LogP contribution in [0.4, 0.5) is 5.69 Å². The van der Waals surface area contributed by atoms with E-state index < -0.39 is 0 Å². The Morgan fingerprint density at radius 1 is 1.04 bits per heavy atom. The molecule has 0 aliphatic rings. The minimum absolute atomic E-state index is 0.556. The van der Waals surface area contributed by atoms with Crippen molar-refractivity contribution in [3.8, 4) is 22.9 Å². The van der Waals surface area contributed by atoms with E-state index in [2.05, 4.69) is 25.9 Å². The van der Waals surface area contributed by atoms with Gasteiger partial charge in [-0.1, -0.05) is 18.2 Å². The van der Waals surface area contributed by atoms with Crippen molar-refractivity contribution in [3.05, 3.63) is 48.0 Å². The SMILES string of the molecule is COc1ccc(CNc2ccccc2-c2nn[nH]n2)cc1OC. The number of hydrogen-bond donors (Lipinski definition) is 2. The van der Waals surface area contributed by atoms with Gasteiger partial charge in [0.25, 0.3) is 0 Å². The topological polar surface area (TPSA) is 85.0 Å². The molecule has 2 aromatic carbocycles. The quantitative estimate of drug-likeness (QED) is 0.727. The predicted octanol–water partition coefficient (Wildman–Crippen LogP) is 2.50. The number of para-hydroxylation sites is 1. The monoisotopic (exact) mass is 311 g/mol. The summed E-state index contributed by atoms with van der Waals surface area (Å²) in [6.45, 7) is 0.634. The zero-order valence-electron chi connectivity index (χ0n) is 12.9. The van der Waals surface area contributed by atoms with E-state index in [9.17, 15) is 0 Å². The van der Waals surface area contributed by atoms with Crippen LogP contribution >= 0.6 is 0 Å². The van der Waals surface area contributed by atoms with E-state index in [0.717, 1.165) is 16.8 Å². The van der Waals surface area contributed by atoms with E-state index in [1.807, 2.05) is 42.5 Å². The molecule has 0 aliphatic heterocycles. The molecular weight excluding hydrogens is 294 g/mol. The summed E-state index contributed by atoms with van der Waals surface area (Å²) in [5.74, 6) is 1.97. The Balaban J connectivity index is 1.79. The maximum absolute atomic E-state index is 5.33. The second-order valence-corrected chi connectivity index (χ2v) is 4.82. The molecule has 23 heavy (non-hydrogen) atoms. The highest BCUT2D eigenvalue weighted by atomic mass is 16.5. The lowest BCUT2D eigenvalue weighted by atomic mass is 10.1. The third kappa shape index (κ3) is 3.23. The highest BCUT2D eigenvalue weighted by Crippen LogP contribution is 2.29. The summed E-state index contributed by atoms with van der Waals surface area (Å²) in [6.07, 6.45) is 0. The van der Waals surface area contributed by atoms with E-state index >= 15 is 0 Å². The lowest BCUT2D eigenvalue weighted by Gasteiger charge is -2.12. The van der Waals surface area contributed by atoms with Gasteiger partial charge in [-0.05, 0) is 35.0 Å². The van der Waals surface area contributed by atoms with Gasteiger partial charge in [0.2, 0.25) is 5.82 Å². The summed E-state index contributed by atoms with van der Waals surface area (Å²) >= 11 is 0. The Labute approximate surface area is 133 Å². The van der Waals surface area contributed by atoms with Crippen molar-refractivity contribution < 1.29 is 9.47 Å². The zero-order chi connectivity index (χ0) is 16.1. The van der Waals surface area contributed by atoms with Crippen LogP contribution in [0.25, 0.3) is 11.4 Å².